The molecule has 31 heavy (non-hydrogen) atoms. The fraction of sp³-hybridized carbons (Fsp3) is 0.391. The van der Waals surface area contributed by atoms with Gasteiger partial charge >= 0.3 is 0 Å². The van der Waals surface area contributed by atoms with Crippen LogP contribution in [0.4, 0.5) is 4.39 Å². The zero-order valence-corrected chi connectivity index (χ0v) is 18.1. The fourth-order valence-corrected chi connectivity index (χ4v) is 4.09. The lowest BCUT2D eigenvalue weighted by Gasteiger charge is -2.23. The summed E-state index contributed by atoms with van der Waals surface area (Å²) in [7, 11) is 0. The molecule has 0 bridgehead atoms. The lowest BCUT2D eigenvalue weighted by molar-refractivity contribution is 0.0721. The molecule has 0 radical (unpaired) electrons. The Morgan fingerprint density at radius 1 is 1.26 bits per heavy atom. The molecule has 7 nitrogen and oxygen atoms in total. The van der Waals surface area contributed by atoms with E-state index in [0.29, 0.717) is 23.5 Å². The maximum Gasteiger partial charge on any atom is 0.256 e. The zero-order valence-electron chi connectivity index (χ0n) is 18.1. The molecule has 3 aromatic rings. The number of carbonyl (C=O) groups is 1. The largest absolute Gasteiger partial charge is 0.384 e. The van der Waals surface area contributed by atoms with Crippen LogP contribution < -0.4 is 0 Å². The van der Waals surface area contributed by atoms with Gasteiger partial charge in [-0.25, -0.2) is 4.39 Å². The molecule has 1 N–H and O–H groups in total. The number of halogens is 1. The number of aryl methyl sites for hydroxylation is 1. The lowest BCUT2D eigenvalue weighted by Crippen LogP contribution is -2.34. The van der Waals surface area contributed by atoms with Gasteiger partial charge in [-0.1, -0.05) is 6.07 Å². The van der Waals surface area contributed by atoms with Crippen molar-refractivity contribution in [3.8, 4) is 5.69 Å². The highest BCUT2D eigenvalue weighted by molar-refractivity contribution is 5.98. The van der Waals surface area contributed by atoms with Crippen LogP contribution in [-0.4, -0.2) is 48.5 Å². The Hall–Kier alpha value is -3.13. The third-order valence-electron chi connectivity index (χ3n) is 5.66. The third-order valence-corrected chi connectivity index (χ3v) is 5.66. The van der Waals surface area contributed by atoms with Crippen molar-refractivity contribution in [1.82, 2.24) is 24.9 Å². The summed E-state index contributed by atoms with van der Waals surface area (Å²) in [5.41, 5.74) is 2.06. The van der Waals surface area contributed by atoms with Gasteiger partial charge in [-0.2, -0.15) is 15.0 Å². The Morgan fingerprint density at radius 3 is 2.61 bits per heavy atom. The van der Waals surface area contributed by atoms with E-state index in [0.717, 1.165) is 17.7 Å². The molecule has 1 fully saturated rings. The summed E-state index contributed by atoms with van der Waals surface area (Å²) < 4.78 is 13.9. The second kappa shape index (κ2) is 7.85. The van der Waals surface area contributed by atoms with E-state index in [1.807, 2.05) is 26.0 Å². The molecule has 2 heterocycles. The second-order valence-electron chi connectivity index (χ2n) is 8.44. The van der Waals surface area contributed by atoms with Crippen molar-refractivity contribution in [2.75, 3.05) is 6.54 Å². The van der Waals surface area contributed by atoms with Crippen LogP contribution in [0.1, 0.15) is 60.4 Å². The highest BCUT2D eigenvalue weighted by atomic mass is 19.1. The molecule has 1 saturated carbocycles. The number of carbonyl (C=O) groups excluding carboxylic acids is 1. The molecule has 0 saturated heterocycles. The van der Waals surface area contributed by atoms with Crippen LogP contribution in [0.15, 0.2) is 42.7 Å². The van der Waals surface area contributed by atoms with Gasteiger partial charge in [-0.3, -0.25) is 9.78 Å². The highest BCUT2D eigenvalue weighted by Gasteiger charge is 2.46. The number of hydrogen-bond acceptors (Lipinski definition) is 5. The molecule has 1 aromatic carbocycles. The standard InChI is InChI=1S/C23H26FN5O2/c1-5-28(19-13-17(19)18-9-6-14(2)21(27-18)23(3,4)31)22(30)16-8-7-15(24)12-20(16)29-25-10-11-26-29/h6-12,17,19,31H,5,13H2,1-4H3. The highest BCUT2D eigenvalue weighted by Crippen LogP contribution is 2.45. The Labute approximate surface area is 180 Å². The summed E-state index contributed by atoms with van der Waals surface area (Å²) in [5.74, 6) is -0.561. The summed E-state index contributed by atoms with van der Waals surface area (Å²) in [6, 6.07) is 7.94. The van der Waals surface area contributed by atoms with E-state index < -0.39 is 11.4 Å². The minimum Gasteiger partial charge on any atom is -0.384 e. The van der Waals surface area contributed by atoms with Crippen LogP contribution in [-0.2, 0) is 5.60 Å². The van der Waals surface area contributed by atoms with E-state index in [4.69, 9.17) is 4.98 Å². The minimum absolute atomic E-state index is 0.00848. The lowest BCUT2D eigenvalue weighted by atomic mass is 9.99. The van der Waals surface area contributed by atoms with Crippen molar-refractivity contribution in [3.05, 3.63) is 71.1 Å². The van der Waals surface area contributed by atoms with E-state index >= 15 is 0 Å². The second-order valence-corrected chi connectivity index (χ2v) is 8.44. The maximum atomic E-state index is 13.9. The molecule has 1 amide bonds. The smallest absolute Gasteiger partial charge is 0.256 e. The number of benzene rings is 1. The maximum absolute atomic E-state index is 13.9. The molecule has 0 aliphatic heterocycles. The van der Waals surface area contributed by atoms with E-state index in [-0.39, 0.29) is 17.9 Å². The van der Waals surface area contributed by atoms with Gasteiger partial charge in [0.15, 0.2) is 0 Å². The van der Waals surface area contributed by atoms with Crippen LogP contribution in [0.2, 0.25) is 0 Å². The Morgan fingerprint density at radius 2 is 1.97 bits per heavy atom. The number of amides is 1. The van der Waals surface area contributed by atoms with Gasteiger partial charge in [0.25, 0.3) is 5.91 Å². The first-order chi connectivity index (χ1) is 14.7. The first-order valence-corrected chi connectivity index (χ1v) is 10.4. The van der Waals surface area contributed by atoms with Gasteiger partial charge in [0.2, 0.25) is 0 Å². The van der Waals surface area contributed by atoms with Crippen LogP contribution in [0.5, 0.6) is 0 Å². The fourth-order valence-electron chi connectivity index (χ4n) is 4.09. The number of nitrogens with zero attached hydrogens (tertiary/aromatic N) is 5. The monoisotopic (exact) mass is 423 g/mol. The van der Waals surface area contributed by atoms with Gasteiger partial charge in [0, 0.05) is 30.3 Å². The zero-order chi connectivity index (χ0) is 22.3. The number of aromatic nitrogens is 4. The molecule has 0 spiro atoms. The van der Waals surface area contributed by atoms with Crippen molar-refractivity contribution in [2.45, 2.75) is 51.7 Å². The normalized spacial score (nSPS) is 18.1. The SMILES string of the molecule is CCN(C(=O)c1ccc(F)cc1-n1nccn1)C1CC1c1ccc(C)c(C(C)(C)O)n1. The van der Waals surface area contributed by atoms with Crippen LogP contribution in [0, 0.1) is 12.7 Å². The molecule has 4 rings (SSSR count). The van der Waals surface area contributed by atoms with Crippen LogP contribution >= 0.6 is 0 Å². The average Bonchev–Trinajstić information content (AvgIpc) is 3.29. The summed E-state index contributed by atoms with van der Waals surface area (Å²) in [6.07, 6.45) is 3.76. The summed E-state index contributed by atoms with van der Waals surface area (Å²) in [5, 5.41) is 18.5. The van der Waals surface area contributed by atoms with Crippen LogP contribution in [0.3, 0.4) is 0 Å². The van der Waals surface area contributed by atoms with E-state index in [2.05, 4.69) is 10.2 Å². The number of likely N-dealkylation sites (N-methyl/N-ethyl adjacent to an activating group) is 1. The minimum atomic E-state index is -1.04. The van der Waals surface area contributed by atoms with Crippen molar-refractivity contribution in [1.29, 1.82) is 0 Å². The van der Waals surface area contributed by atoms with Crippen molar-refractivity contribution < 1.29 is 14.3 Å². The predicted molar refractivity (Wildman–Crippen MR) is 113 cm³/mol. The Bertz CT molecular complexity index is 1110. The van der Waals surface area contributed by atoms with Crippen molar-refractivity contribution in [3.63, 3.8) is 0 Å². The van der Waals surface area contributed by atoms with E-state index in [1.165, 1.54) is 35.4 Å². The molecule has 1 aliphatic rings. The topological polar surface area (TPSA) is 84.1 Å². The van der Waals surface area contributed by atoms with Gasteiger partial charge in [-0.05, 0) is 57.9 Å². The molecule has 2 unspecified atom stereocenters. The Balaban J connectivity index is 1.62. The van der Waals surface area contributed by atoms with Gasteiger partial charge < -0.3 is 10.0 Å². The molecular weight excluding hydrogens is 397 g/mol. The number of rotatable bonds is 6. The van der Waals surface area contributed by atoms with Crippen LogP contribution in [0.25, 0.3) is 5.69 Å². The summed E-state index contributed by atoms with van der Waals surface area (Å²) >= 11 is 0. The van der Waals surface area contributed by atoms with E-state index in [1.54, 1.807) is 18.7 Å². The molecule has 8 heteroatoms. The molecule has 1 aliphatic carbocycles. The van der Waals surface area contributed by atoms with Crippen molar-refractivity contribution in [2.24, 2.45) is 0 Å². The quantitative estimate of drug-likeness (QED) is 0.657. The number of aliphatic hydroxyl groups is 1. The first-order valence-electron chi connectivity index (χ1n) is 10.4. The predicted octanol–water partition coefficient (Wildman–Crippen LogP) is 3.36. The van der Waals surface area contributed by atoms with Gasteiger partial charge in [-0.15, -0.1) is 0 Å². The number of hydrogen-bond donors (Lipinski definition) is 1. The van der Waals surface area contributed by atoms with Crippen molar-refractivity contribution >= 4 is 5.91 Å². The molecule has 2 aromatic heterocycles. The summed E-state index contributed by atoms with van der Waals surface area (Å²) in [6.45, 7) is 7.80. The summed E-state index contributed by atoms with van der Waals surface area (Å²) in [4.78, 5) is 21.2. The van der Waals surface area contributed by atoms with Gasteiger partial charge in [0.05, 0.1) is 23.7 Å². The van der Waals surface area contributed by atoms with Gasteiger partial charge in [0.1, 0.15) is 17.1 Å². The molecule has 2 atom stereocenters. The first kappa shape index (κ1) is 21.1. The Kier molecular flexibility index (Phi) is 5.35. The number of pyridine rings is 1. The average molecular weight is 423 g/mol. The van der Waals surface area contributed by atoms with E-state index in [9.17, 15) is 14.3 Å². The molecule has 162 valence electrons. The third kappa shape index (κ3) is 4.07. The molecular formula is C23H26FN5O2.